The molecule has 16 heavy (non-hydrogen) atoms. The average Bonchev–Trinajstić information content (AvgIpc) is 2.34. The zero-order valence-electron chi connectivity index (χ0n) is 10.6. The van der Waals surface area contributed by atoms with E-state index in [1.54, 1.807) is 0 Å². The van der Waals surface area contributed by atoms with E-state index in [1.165, 1.54) is 47.5 Å². The smallest absolute Gasteiger partial charge is 0.00830 e. The second-order valence-electron chi connectivity index (χ2n) is 4.03. The number of thioether (sulfide) groups is 2. The lowest BCUT2D eigenvalue weighted by Gasteiger charge is -2.07. The van der Waals surface area contributed by atoms with Gasteiger partial charge in [0.1, 0.15) is 0 Å². The van der Waals surface area contributed by atoms with E-state index in [1.807, 2.05) is 23.5 Å². The van der Waals surface area contributed by atoms with Crippen molar-refractivity contribution in [1.29, 1.82) is 0 Å². The van der Waals surface area contributed by atoms with E-state index in [2.05, 4.69) is 37.6 Å². The number of aryl methyl sites for hydroxylation is 1. The third-order valence-corrected chi connectivity index (χ3v) is 4.14. The maximum atomic E-state index is 2.34. The standard InChI is InChI=1S/C14H22S2/c1-4-5-6-7-8-12-9-13(15-2)11-14(10-12)16-3/h9-11H,4-8H2,1-3H3. The molecule has 0 spiro atoms. The maximum absolute atomic E-state index is 2.34. The van der Waals surface area contributed by atoms with Crippen molar-refractivity contribution >= 4 is 23.5 Å². The molecule has 0 atom stereocenters. The molecule has 0 unspecified atom stereocenters. The van der Waals surface area contributed by atoms with Crippen LogP contribution in [0.5, 0.6) is 0 Å². The van der Waals surface area contributed by atoms with E-state index >= 15 is 0 Å². The summed E-state index contributed by atoms with van der Waals surface area (Å²) >= 11 is 3.69. The van der Waals surface area contributed by atoms with Crippen molar-refractivity contribution in [2.45, 2.75) is 48.8 Å². The number of hydrogen-bond acceptors (Lipinski definition) is 2. The van der Waals surface area contributed by atoms with E-state index in [0.29, 0.717) is 0 Å². The largest absolute Gasteiger partial charge is 0.130 e. The molecule has 1 aromatic carbocycles. The van der Waals surface area contributed by atoms with Gasteiger partial charge in [0.25, 0.3) is 0 Å². The summed E-state index contributed by atoms with van der Waals surface area (Å²) in [6, 6.07) is 6.97. The Balaban J connectivity index is 2.57. The van der Waals surface area contributed by atoms with Crippen molar-refractivity contribution in [2.24, 2.45) is 0 Å². The summed E-state index contributed by atoms with van der Waals surface area (Å²) in [5.74, 6) is 0. The fourth-order valence-electron chi connectivity index (χ4n) is 1.77. The number of rotatable bonds is 7. The topological polar surface area (TPSA) is 0 Å². The van der Waals surface area contributed by atoms with Gasteiger partial charge in [0, 0.05) is 9.79 Å². The van der Waals surface area contributed by atoms with Gasteiger partial charge in [0.2, 0.25) is 0 Å². The molecule has 0 radical (unpaired) electrons. The molecule has 0 aliphatic carbocycles. The number of benzene rings is 1. The Hall–Kier alpha value is -0.0800. The van der Waals surface area contributed by atoms with Gasteiger partial charge >= 0.3 is 0 Å². The Morgan fingerprint density at radius 2 is 1.50 bits per heavy atom. The quantitative estimate of drug-likeness (QED) is 0.481. The Kier molecular flexibility index (Phi) is 7.06. The van der Waals surface area contributed by atoms with E-state index in [9.17, 15) is 0 Å². The first kappa shape index (κ1) is 14.0. The molecule has 0 bridgehead atoms. The van der Waals surface area contributed by atoms with E-state index in [-0.39, 0.29) is 0 Å². The van der Waals surface area contributed by atoms with Crippen LogP contribution in [0.15, 0.2) is 28.0 Å². The van der Waals surface area contributed by atoms with Crippen LogP contribution in [0.1, 0.15) is 38.2 Å². The normalized spacial score (nSPS) is 10.7. The lowest BCUT2D eigenvalue weighted by atomic mass is 10.1. The highest BCUT2D eigenvalue weighted by molar-refractivity contribution is 7.99. The molecule has 0 amide bonds. The minimum Gasteiger partial charge on any atom is -0.130 e. The van der Waals surface area contributed by atoms with E-state index < -0.39 is 0 Å². The lowest BCUT2D eigenvalue weighted by molar-refractivity contribution is 0.666. The van der Waals surface area contributed by atoms with Crippen LogP contribution < -0.4 is 0 Å². The predicted octanol–water partition coefficient (Wildman–Crippen LogP) is 5.25. The van der Waals surface area contributed by atoms with Gasteiger partial charge in [-0.15, -0.1) is 23.5 Å². The maximum Gasteiger partial charge on any atom is 0.00830 e. The predicted molar refractivity (Wildman–Crippen MR) is 77.9 cm³/mol. The molecule has 1 aromatic rings. The summed E-state index contributed by atoms with van der Waals surface area (Å²) in [4.78, 5) is 2.80. The first-order valence-corrected chi connectivity index (χ1v) is 8.47. The van der Waals surface area contributed by atoms with Crippen LogP contribution in [-0.2, 0) is 6.42 Å². The van der Waals surface area contributed by atoms with Crippen LogP contribution in [0.25, 0.3) is 0 Å². The van der Waals surface area contributed by atoms with Crippen molar-refractivity contribution < 1.29 is 0 Å². The first-order valence-electron chi connectivity index (χ1n) is 6.02. The molecule has 0 nitrogen and oxygen atoms in total. The molecule has 0 heterocycles. The zero-order valence-corrected chi connectivity index (χ0v) is 12.2. The van der Waals surface area contributed by atoms with Crippen LogP contribution in [0.3, 0.4) is 0 Å². The Morgan fingerprint density at radius 1 is 0.875 bits per heavy atom. The second kappa shape index (κ2) is 8.08. The van der Waals surface area contributed by atoms with E-state index in [0.717, 1.165) is 0 Å². The highest BCUT2D eigenvalue weighted by Crippen LogP contribution is 2.25. The summed E-state index contributed by atoms with van der Waals surface area (Å²) in [5, 5.41) is 0. The molecule has 0 aromatic heterocycles. The monoisotopic (exact) mass is 254 g/mol. The van der Waals surface area contributed by atoms with Gasteiger partial charge in [-0.05, 0) is 49.1 Å². The Labute approximate surface area is 109 Å². The number of unbranched alkanes of at least 4 members (excludes halogenated alkanes) is 3. The Bertz CT molecular complexity index is 285. The van der Waals surface area contributed by atoms with Gasteiger partial charge in [-0.1, -0.05) is 26.2 Å². The van der Waals surface area contributed by atoms with Crippen LogP contribution in [0.4, 0.5) is 0 Å². The molecule has 0 saturated heterocycles. The van der Waals surface area contributed by atoms with E-state index in [4.69, 9.17) is 0 Å². The molecule has 1 rings (SSSR count). The van der Waals surface area contributed by atoms with Crippen LogP contribution >= 0.6 is 23.5 Å². The molecular formula is C14H22S2. The molecule has 2 heteroatoms. The highest BCUT2D eigenvalue weighted by atomic mass is 32.2. The summed E-state index contributed by atoms with van der Waals surface area (Å²) in [6.45, 7) is 2.26. The minimum atomic E-state index is 1.24. The summed E-state index contributed by atoms with van der Waals surface area (Å²) in [6.07, 6.45) is 10.9. The molecule has 0 aliphatic rings. The van der Waals surface area contributed by atoms with Crippen LogP contribution in [0, 0.1) is 0 Å². The van der Waals surface area contributed by atoms with Gasteiger partial charge in [-0.3, -0.25) is 0 Å². The summed E-state index contributed by atoms with van der Waals surface area (Å²) in [7, 11) is 0. The molecule has 0 aliphatic heterocycles. The fourth-order valence-corrected chi connectivity index (χ4v) is 2.87. The van der Waals surface area contributed by atoms with Gasteiger partial charge in [0.15, 0.2) is 0 Å². The minimum absolute atomic E-state index is 1.24. The lowest BCUT2D eigenvalue weighted by Crippen LogP contribution is -1.88. The molecule has 0 fully saturated rings. The van der Waals surface area contributed by atoms with Crippen molar-refractivity contribution in [2.75, 3.05) is 12.5 Å². The second-order valence-corrected chi connectivity index (χ2v) is 5.79. The van der Waals surface area contributed by atoms with Crippen molar-refractivity contribution in [1.82, 2.24) is 0 Å². The van der Waals surface area contributed by atoms with Crippen LogP contribution in [-0.4, -0.2) is 12.5 Å². The van der Waals surface area contributed by atoms with Gasteiger partial charge in [0.05, 0.1) is 0 Å². The third-order valence-electron chi connectivity index (χ3n) is 2.73. The fraction of sp³-hybridized carbons (Fsp3) is 0.571. The van der Waals surface area contributed by atoms with Gasteiger partial charge in [-0.2, -0.15) is 0 Å². The number of hydrogen-bond donors (Lipinski definition) is 0. The van der Waals surface area contributed by atoms with Crippen molar-refractivity contribution in [3.63, 3.8) is 0 Å². The molecule has 0 saturated carbocycles. The Morgan fingerprint density at radius 3 is 2.00 bits per heavy atom. The summed E-state index contributed by atoms with van der Waals surface area (Å²) < 4.78 is 0. The summed E-state index contributed by atoms with van der Waals surface area (Å²) in [5.41, 5.74) is 1.51. The highest BCUT2D eigenvalue weighted by Gasteiger charge is 2.00. The molecular weight excluding hydrogens is 232 g/mol. The van der Waals surface area contributed by atoms with Crippen LogP contribution in [0.2, 0.25) is 0 Å². The average molecular weight is 254 g/mol. The first-order chi connectivity index (χ1) is 7.80. The SMILES string of the molecule is CCCCCCc1cc(SC)cc(SC)c1. The van der Waals surface area contributed by atoms with Crippen molar-refractivity contribution in [3.8, 4) is 0 Å². The molecule has 0 N–H and O–H groups in total. The zero-order chi connectivity index (χ0) is 11.8. The molecule has 90 valence electrons. The van der Waals surface area contributed by atoms with Crippen molar-refractivity contribution in [3.05, 3.63) is 23.8 Å². The third kappa shape index (κ3) is 4.84. The van der Waals surface area contributed by atoms with Gasteiger partial charge < -0.3 is 0 Å². The van der Waals surface area contributed by atoms with Gasteiger partial charge in [-0.25, -0.2) is 0 Å².